The van der Waals surface area contributed by atoms with Crippen LogP contribution in [0, 0.1) is 0 Å². The number of aryl methyl sites for hydroxylation is 1. The summed E-state index contributed by atoms with van der Waals surface area (Å²) in [5.41, 5.74) is 0.563. The number of carbonyl (C=O) groups excluding carboxylic acids is 1. The minimum Gasteiger partial charge on any atom is -0.388 e. The summed E-state index contributed by atoms with van der Waals surface area (Å²) in [5, 5.41) is 13.4. The summed E-state index contributed by atoms with van der Waals surface area (Å²) in [4.78, 5) is 12.9. The zero-order valence-electron chi connectivity index (χ0n) is 14.0. The molecule has 1 aromatic carbocycles. The number of amides is 1. The van der Waals surface area contributed by atoms with E-state index in [2.05, 4.69) is 11.4 Å². The van der Waals surface area contributed by atoms with E-state index in [-0.39, 0.29) is 36.8 Å². The lowest BCUT2D eigenvalue weighted by molar-refractivity contribution is -0.128. The van der Waals surface area contributed by atoms with Crippen LogP contribution in [0.2, 0.25) is 0 Å². The fourth-order valence-corrected chi connectivity index (χ4v) is 5.40. The van der Waals surface area contributed by atoms with Crippen LogP contribution < -0.4 is 5.32 Å². The molecule has 132 valence electrons. The van der Waals surface area contributed by atoms with Gasteiger partial charge in [0.15, 0.2) is 9.84 Å². The summed E-state index contributed by atoms with van der Waals surface area (Å²) in [6.45, 7) is 2.06. The molecular formula is C18H25NO4S. The fraction of sp³-hybridized carbons (Fsp3) is 0.611. The van der Waals surface area contributed by atoms with Crippen molar-refractivity contribution in [3.63, 3.8) is 0 Å². The molecule has 1 saturated heterocycles. The maximum absolute atomic E-state index is 12.9. The standard InChI is InChI=1S/C18H25NO4S/c1-17(8-4-6-14-5-2-3-7-15(14)17)16(20)19-13-18(21)9-11-24(22,23)12-10-18/h2-3,5,7,21H,4,6,8-13H2,1H3,(H,19,20). The van der Waals surface area contributed by atoms with Crippen LogP contribution in [0.15, 0.2) is 24.3 Å². The first kappa shape index (κ1) is 17.4. The minimum atomic E-state index is -3.04. The summed E-state index contributed by atoms with van der Waals surface area (Å²) >= 11 is 0. The third kappa shape index (κ3) is 3.35. The lowest BCUT2D eigenvalue weighted by Crippen LogP contribution is -2.52. The van der Waals surface area contributed by atoms with Gasteiger partial charge in [0.25, 0.3) is 0 Å². The average molecular weight is 351 g/mol. The Morgan fingerprint density at radius 1 is 1.21 bits per heavy atom. The number of rotatable bonds is 3. The van der Waals surface area contributed by atoms with Crippen LogP contribution in [-0.4, -0.2) is 43.1 Å². The summed E-state index contributed by atoms with van der Waals surface area (Å²) in [6, 6.07) is 8.03. The van der Waals surface area contributed by atoms with Crippen molar-refractivity contribution in [1.29, 1.82) is 0 Å². The molecule has 0 saturated carbocycles. The fourth-order valence-electron chi connectivity index (χ4n) is 3.81. The normalized spacial score (nSPS) is 27.9. The largest absolute Gasteiger partial charge is 0.388 e. The topological polar surface area (TPSA) is 83.5 Å². The molecule has 24 heavy (non-hydrogen) atoms. The number of nitrogens with one attached hydrogen (secondary N) is 1. The van der Waals surface area contributed by atoms with E-state index in [1.165, 1.54) is 5.56 Å². The number of sulfone groups is 1. The number of aliphatic hydroxyl groups is 1. The van der Waals surface area contributed by atoms with Crippen molar-refractivity contribution in [3.05, 3.63) is 35.4 Å². The second kappa shape index (κ2) is 6.15. The van der Waals surface area contributed by atoms with Crippen molar-refractivity contribution in [2.75, 3.05) is 18.1 Å². The van der Waals surface area contributed by atoms with Gasteiger partial charge in [0.05, 0.1) is 22.5 Å². The number of carbonyl (C=O) groups is 1. The van der Waals surface area contributed by atoms with Crippen LogP contribution >= 0.6 is 0 Å². The Kier molecular flexibility index (Phi) is 4.47. The quantitative estimate of drug-likeness (QED) is 0.861. The highest BCUT2D eigenvalue weighted by molar-refractivity contribution is 7.91. The molecule has 1 aromatic rings. The molecule has 1 fully saturated rings. The molecule has 5 nitrogen and oxygen atoms in total. The third-order valence-electron chi connectivity index (χ3n) is 5.57. The van der Waals surface area contributed by atoms with Crippen molar-refractivity contribution in [2.45, 2.75) is 50.0 Å². The number of hydrogen-bond acceptors (Lipinski definition) is 4. The average Bonchev–Trinajstić information content (AvgIpc) is 2.56. The zero-order valence-corrected chi connectivity index (χ0v) is 14.9. The van der Waals surface area contributed by atoms with E-state index < -0.39 is 20.9 Å². The Morgan fingerprint density at radius 2 is 1.88 bits per heavy atom. The van der Waals surface area contributed by atoms with Crippen molar-refractivity contribution >= 4 is 15.7 Å². The maximum Gasteiger partial charge on any atom is 0.230 e. The van der Waals surface area contributed by atoms with Gasteiger partial charge >= 0.3 is 0 Å². The van der Waals surface area contributed by atoms with Crippen molar-refractivity contribution in [1.82, 2.24) is 5.32 Å². The van der Waals surface area contributed by atoms with Crippen LogP contribution in [-0.2, 0) is 26.5 Å². The highest BCUT2D eigenvalue weighted by atomic mass is 32.2. The molecule has 1 heterocycles. The van der Waals surface area contributed by atoms with Crippen LogP contribution in [0.25, 0.3) is 0 Å². The van der Waals surface area contributed by atoms with Crippen molar-refractivity contribution in [2.24, 2.45) is 0 Å². The highest BCUT2D eigenvalue weighted by Crippen LogP contribution is 2.37. The van der Waals surface area contributed by atoms with Gasteiger partial charge in [-0.15, -0.1) is 0 Å². The Balaban J connectivity index is 1.70. The van der Waals surface area contributed by atoms with Gasteiger partial charge in [0.2, 0.25) is 5.91 Å². The van der Waals surface area contributed by atoms with E-state index >= 15 is 0 Å². The zero-order chi connectivity index (χ0) is 17.4. The number of hydrogen-bond donors (Lipinski definition) is 2. The predicted octanol–water partition coefficient (Wildman–Crippen LogP) is 1.34. The molecular weight excluding hydrogens is 326 g/mol. The Labute approximate surface area is 143 Å². The molecule has 0 spiro atoms. The van der Waals surface area contributed by atoms with Gasteiger partial charge in [-0.3, -0.25) is 4.79 Å². The Hall–Kier alpha value is -1.40. The van der Waals surface area contributed by atoms with Gasteiger partial charge in [-0.2, -0.15) is 0 Å². The van der Waals surface area contributed by atoms with Gasteiger partial charge in [-0.1, -0.05) is 24.3 Å². The molecule has 0 bridgehead atoms. The Bertz CT molecular complexity index is 729. The number of benzene rings is 1. The minimum absolute atomic E-state index is 0.0144. The summed E-state index contributed by atoms with van der Waals surface area (Å²) in [5.74, 6) is -0.115. The first-order valence-electron chi connectivity index (χ1n) is 8.54. The molecule has 1 amide bonds. The monoisotopic (exact) mass is 351 g/mol. The van der Waals surface area contributed by atoms with Crippen LogP contribution in [0.1, 0.15) is 43.7 Å². The summed E-state index contributed by atoms with van der Waals surface area (Å²) in [6.07, 6.45) is 3.10. The highest BCUT2D eigenvalue weighted by Gasteiger charge is 2.41. The van der Waals surface area contributed by atoms with E-state index in [0.29, 0.717) is 0 Å². The molecule has 0 radical (unpaired) electrons. The second-order valence-corrected chi connectivity index (χ2v) is 9.71. The molecule has 1 atom stereocenters. The van der Waals surface area contributed by atoms with Crippen LogP contribution in [0.5, 0.6) is 0 Å². The van der Waals surface area contributed by atoms with Crippen LogP contribution in [0.3, 0.4) is 0 Å². The molecule has 2 N–H and O–H groups in total. The summed E-state index contributed by atoms with van der Waals surface area (Å²) in [7, 11) is -3.04. The first-order valence-corrected chi connectivity index (χ1v) is 10.4. The lowest BCUT2D eigenvalue weighted by Gasteiger charge is -2.37. The molecule has 2 aliphatic rings. The number of fused-ring (bicyclic) bond motifs is 1. The van der Waals surface area contributed by atoms with E-state index in [1.54, 1.807) is 0 Å². The van der Waals surface area contributed by atoms with Gasteiger partial charge in [0.1, 0.15) is 0 Å². The smallest absolute Gasteiger partial charge is 0.230 e. The summed E-state index contributed by atoms with van der Waals surface area (Å²) < 4.78 is 23.0. The molecule has 1 unspecified atom stereocenters. The lowest BCUT2D eigenvalue weighted by atomic mass is 9.70. The van der Waals surface area contributed by atoms with E-state index in [4.69, 9.17) is 0 Å². The SMILES string of the molecule is CC1(C(=O)NCC2(O)CCS(=O)(=O)CC2)CCCc2ccccc21. The van der Waals surface area contributed by atoms with Gasteiger partial charge in [0, 0.05) is 6.54 Å². The van der Waals surface area contributed by atoms with E-state index in [9.17, 15) is 18.3 Å². The van der Waals surface area contributed by atoms with Gasteiger partial charge in [-0.05, 0) is 50.2 Å². The Morgan fingerprint density at radius 3 is 2.58 bits per heavy atom. The molecule has 1 aliphatic heterocycles. The van der Waals surface area contributed by atoms with Crippen molar-refractivity contribution < 1.29 is 18.3 Å². The van der Waals surface area contributed by atoms with E-state index in [1.807, 2.05) is 25.1 Å². The predicted molar refractivity (Wildman–Crippen MR) is 92.6 cm³/mol. The molecule has 0 aromatic heterocycles. The van der Waals surface area contributed by atoms with Gasteiger partial charge < -0.3 is 10.4 Å². The first-order chi connectivity index (χ1) is 11.2. The van der Waals surface area contributed by atoms with Gasteiger partial charge in [-0.25, -0.2) is 8.42 Å². The van der Waals surface area contributed by atoms with Crippen LogP contribution in [0.4, 0.5) is 0 Å². The van der Waals surface area contributed by atoms with E-state index in [0.717, 1.165) is 24.8 Å². The third-order valence-corrected chi connectivity index (χ3v) is 7.22. The molecule has 6 heteroatoms. The maximum atomic E-state index is 12.9. The molecule has 3 rings (SSSR count). The second-order valence-electron chi connectivity index (χ2n) is 7.40. The van der Waals surface area contributed by atoms with Crippen molar-refractivity contribution in [3.8, 4) is 0 Å². The molecule has 1 aliphatic carbocycles.